The van der Waals surface area contributed by atoms with E-state index in [9.17, 15) is 0 Å². The quantitative estimate of drug-likeness (QED) is 0.635. The van der Waals surface area contributed by atoms with Gasteiger partial charge in [-0.3, -0.25) is 5.43 Å². The Morgan fingerprint density at radius 2 is 2.05 bits per heavy atom. The Kier molecular flexibility index (Phi) is 4.23. The zero-order valence-corrected chi connectivity index (χ0v) is 12.3. The molecule has 0 radical (unpaired) electrons. The van der Waals surface area contributed by atoms with Gasteiger partial charge in [-0.05, 0) is 42.6 Å². The fourth-order valence-electron chi connectivity index (χ4n) is 1.98. The Labute approximate surface area is 124 Å². The van der Waals surface area contributed by atoms with Crippen LogP contribution in [0.4, 0.5) is 11.9 Å². The third-order valence-electron chi connectivity index (χ3n) is 2.89. The van der Waals surface area contributed by atoms with Gasteiger partial charge in [0.15, 0.2) is 4.34 Å². The lowest BCUT2D eigenvalue weighted by molar-refractivity contribution is 0.565. The minimum Gasteiger partial charge on any atom is -0.341 e. The molecule has 1 aliphatic heterocycles. The molecule has 10 heteroatoms. The molecule has 1 saturated heterocycles. The predicted molar refractivity (Wildman–Crippen MR) is 77.7 cm³/mol. The normalized spacial score (nSPS) is 15.3. The summed E-state index contributed by atoms with van der Waals surface area (Å²) in [7, 11) is 0. The van der Waals surface area contributed by atoms with Crippen molar-refractivity contribution in [2.45, 2.75) is 28.8 Å². The Morgan fingerprint density at radius 1 is 1.20 bits per heavy atom. The molecule has 0 aliphatic carbocycles. The van der Waals surface area contributed by atoms with E-state index in [-0.39, 0.29) is 0 Å². The second kappa shape index (κ2) is 6.29. The Morgan fingerprint density at radius 3 is 2.75 bits per heavy atom. The average molecular weight is 310 g/mol. The first kappa shape index (κ1) is 13.5. The van der Waals surface area contributed by atoms with Gasteiger partial charge in [-0.1, -0.05) is 0 Å². The summed E-state index contributed by atoms with van der Waals surface area (Å²) in [5.74, 6) is 6.47. The molecule has 0 atom stereocenters. The lowest BCUT2D eigenvalue weighted by atomic mass is 10.1. The zero-order chi connectivity index (χ0) is 13.8. The van der Waals surface area contributed by atoms with E-state index in [0.29, 0.717) is 17.1 Å². The fourth-order valence-corrected chi connectivity index (χ4v) is 3.27. The van der Waals surface area contributed by atoms with E-state index in [4.69, 9.17) is 5.84 Å². The van der Waals surface area contributed by atoms with E-state index in [2.05, 4.69) is 34.6 Å². The van der Waals surface area contributed by atoms with E-state index in [1.807, 2.05) is 0 Å². The summed E-state index contributed by atoms with van der Waals surface area (Å²) in [6.07, 6.45) is 5.10. The van der Waals surface area contributed by atoms with Crippen LogP contribution in [0.3, 0.4) is 0 Å². The van der Waals surface area contributed by atoms with Gasteiger partial charge in [0.2, 0.25) is 17.1 Å². The highest BCUT2D eigenvalue weighted by atomic mass is 32.2. The van der Waals surface area contributed by atoms with E-state index in [0.717, 1.165) is 30.3 Å². The van der Waals surface area contributed by atoms with Crippen LogP contribution in [0.25, 0.3) is 0 Å². The maximum atomic E-state index is 5.43. The van der Waals surface area contributed by atoms with Gasteiger partial charge in [-0.25, -0.2) is 10.8 Å². The maximum absolute atomic E-state index is 5.43. The molecule has 0 unspecified atom stereocenters. The molecule has 1 fully saturated rings. The van der Waals surface area contributed by atoms with Crippen molar-refractivity contribution in [3.63, 3.8) is 0 Å². The van der Waals surface area contributed by atoms with Gasteiger partial charge < -0.3 is 4.90 Å². The molecular weight excluding hydrogens is 296 g/mol. The van der Waals surface area contributed by atoms with Crippen molar-refractivity contribution in [1.29, 1.82) is 0 Å². The second-order valence-electron chi connectivity index (χ2n) is 4.24. The van der Waals surface area contributed by atoms with Gasteiger partial charge in [-0.2, -0.15) is 19.3 Å². The molecule has 3 N–H and O–H groups in total. The van der Waals surface area contributed by atoms with Crippen molar-refractivity contribution < 1.29 is 0 Å². The Bertz CT molecular complexity index is 554. The molecular formula is C10H14N8S2. The molecule has 3 rings (SSSR count). The number of nitrogen functional groups attached to an aromatic ring is 1. The first-order valence-corrected chi connectivity index (χ1v) is 7.86. The topological polar surface area (TPSA) is 106 Å². The minimum atomic E-state index is 0.368. The van der Waals surface area contributed by atoms with Crippen LogP contribution in [0.5, 0.6) is 0 Å². The summed E-state index contributed by atoms with van der Waals surface area (Å²) in [5, 5.41) is 0.574. The molecule has 0 saturated carbocycles. The molecule has 106 valence electrons. The van der Waals surface area contributed by atoms with Crippen LogP contribution in [0.15, 0.2) is 15.8 Å². The summed E-state index contributed by atoms with van der Waals surface area (Å²) < 4.78 is 4.76. The standard InChI is InChI=1S/C10H14N8S2/c11-17-7-14-8(18-4-2-1-3-5-18)16-9(15-7)19-10-12-6-13-20-10/h6H,1-5,11H2,(H,14,15,16,17). The number of anilines is 2. The van der Waals surface area contributed by atoms with Gasteiger partial charge in [0, 0.05) is 13.1 Å². The summed E-state index contributed by atoms with van der Waals surface area (Å²) >= 11 is 2.67. The van der Waals surface area contributed by atoms with Crippen LogP contribution in [0.2, 0.25) is 0 Å². The molecule has 20 heavy (non-hydrogen) atoms. The van der Waals surface area contributed by atoms with Gasteiger partial charge in [0.25, 0.3) is 0 Å². The molecule has 1 aliphatic rings. The molecule has 0 spiro atoms. The predicted octanol–water partition coefficient (Wildman–Crippen LogP) is 1.15. The smallest absolute Gasteiger partial charge is 0.242 e. The molecule has 0 bridgehead atoms. The van der Waals surface area contributed by atoms with Crippen LogP contribution >= 0.6 is 23.3 Å². The first-order chi connectivity index (χ1) is 9.85. The number of nitrogens with zero attached hydrogens (tertiary/aromatic N) is 6. The molecule has 2 aromatic rings. The third kappa shape index (κ3) is 3.14. The van der Waals surface area contributed by atoms with Crippen molar-refractivity contribution in [2.75, 3.05) is 23.4 Å². The largest absolute Gasteiger partial charge is 0.341 e. The Balaban J connectivity index is 1.85. The highest BCUT2D eigenvalue weighted by Gasteiger charge is 2.17. The third-order valence-corrected chi connectivity index (χ3v) is 4.47. The van der Waals surface area contributed by atoms with Gasteiger partial charge in [0.1, 0.15) is 6.33 Å². The summed E-state index contributed by atoms with van der Waals surface area (Å²) in [5.41, 5.74) is 2.49. The summed E-state index contributed by atoms with van der Waals surface area (Å²) in [6.45, 7) is 1.94. The number of hydrogen-bond donors (Lipinski definition) is 2. The minimum absolute atomic E-state index is 0.368. The fraction of sp³-hybridized carbons (Fsp3) is 0.500. The molecule has 3 heterocycles. The van der Waals surface area contributed by atoms with E-state index in [1.165, 1.54) is 36.0 Å². The zero-order valence-electron chi connectivity index (χ0n) is 10.7. The number of aromatic nitrogens is 5. The number of rotatable bonds is 4. The maximum Gasteiger partial charge on any atom is 0.242 e. The number of piperidine rings is 1. The second-order valence-corrected chi connectivity index (χ2v) is 6.24. The lowest BCUT2D eigenvalue weighted by Gasteiger charge is -2.26. The van der Waals surface area contributed by atoms with Gasteiger partial charge in [-0.15, -0.1) is 0 Å². The SMILES string of the molecule is NNc1nc(Sc2ncns2)nc(N2CCCCC2)n1. The molecule has 2 aromatic heterocycles. The van der Waals surface area contributed by atoms with Crippen molar-refractivity contribution in [3.05, 3.63) is 6.33 Å². The van der Waals surface area contributed by atoms with Gasteiger partial charge in [0.05, 0.1) is 0 Å². The number of nitrogens with two attached hydrogens (primary N) is 1. The summed E-state index contributed by atoms with van der Waals surface area (Å²) in [6, 6.07) is 0. The van der Waals surface area contributed by atoms with Crippen molar-refractivity contribution >= 4 is 35.2 Å². The van der Waals surface area contributed by atoms with Crippen LogP contribution in [0, 0.1) is 0 Å². The van der Waals surface area contributed by atoms with Crippen molar-refractivity contribution in [1.82, 2.24) is 24.3 Å². The summed E-state index contributed by atoms with van der Waals surface area (Å²) in [4.78, 5) is 19.3. The first-order valence-electron chi connectivity index (χ1n) is 6.27. The van der Waals surface area contributed by atoms with Crippen LogP contribution in [-0.2, 0) is 0 Å². The monoisotopic (exact) mass is 310 g/mol. The van der Waals surface area contributed by atoms with E-state index in [1.54, 1.807) is 0 Å². The van der Waals surface area contributed by atoms with Crippen molar-refractivity contribution in [2.24, 2.45) is 5.84 Å². The Hall–Kier alpha value is -1.52. The van der Waals surface area contributed by atoms with Crippen LogP contribution in [0.1, 0.15) is 19.3 Å². The van der Waals surface area contributed by atoms with Crippen LogP contribution < -0.4 is 16.2 Å². The average Bonchev–Trinajstić information content (AvgIpc) is 3.00. The highest BCUT2D eigenvalue weighted by Crippen LogP contribution is 2.27. The van der Waals surface area contributed by atoms with Crippen LogP contribution in [-0.4, -0.2) is 37.4 Å². The van der Waals surface area contributed by atoms with Gasteiger partial charge >= 0.3 is 0 Å². The number of nitrogens with one attached hydrogen (secondary N) is 1. The van der Waals surface area contributed by atoms with E-state index >= 15 is 0 Å². The van der Waals surface area contributed by atoms with E-state index < -0.39 is 0 Å². The van der Waals surface area contributed by atoms with Crippen molar-refractivity contribution in [3.8, 4) is 0 Å². The number of hydrazine groups is 1. The highest BCUT2D eigenvalue weighted by molar-refractivity contribution is 8.00. The number of hydrogen-bond acceptors (Lipinski definition) is 10. The molecule has 0 aromatic carbocycles. The molecule has 8 nitrogen and oxygen atoms in total. The molecule has 0 amide bonds. The lowest BCUT2D eigenvalue weighted by Crippen LogP contribution is -2.31.